The molecule has 1 atom stereocenters. The van der Waals surface area contributed by atoms with Crippen LogP contribution in [0.1, 0.15) is 34.6 Å². The molecule has 3 aromatic rings. The van der Waals surface area contributed by atoms with E-state index in [1.807, 2.05) is 61.6 Å². The third-order valence-corrected chi connectivity index (χ3v) is 5.77. The highest BCUT2D eigenvalue weighted by Crippen LogP contribution is 2.37. The van der Waals surface area contributed by atoms with Crippen molar-refractivity contribution in [2.24, 2.45) is 4.99 Å². The van der Waals surface area contributed by atoms with Gasteiger partial charge in [-0.15, -0.1) is 0 Å². The largest absolute Gasteiger partial charge is 0.481 e. The lowest BCUT2D eigenvalue weighted by Crippen LogP contribution is -2.22. The first kappa shape index (κ1) is 22.7. The summed E-state index contributed by atoms with van der Waals surface area (Å²) >= 11 is 6.13. The summed E-state index contributed by atoms with van der Waals surface area (Å²) in [5.74, 6) is -1.58. The Hall–Kier alpha value is -3.48. The number of nitrogens with one attached hydrogen (secondary N) is 2. The molecule has 0 saturated carbocycles. The van der Waals surface area contributed by atoms with Crippen LogP contribution in [0.15, 0.2) is 71.7 Å². The minimum Gasteiger partial charge on any atom is -0.481 e. The van der Waals surface area contributed by atoms with E-state index in [1.54, 1.807) is 12.1 Å². The predicted octanol–water partition coefficient (Wildman–Crippen LogP) is 4.93. The first-order valence-electron chi connectivity index (χ1n) is 10.7. The van der Waals surface area contributed by atoms with Crippen LogP contribution in [0.5, 0.6) is 0 Å². The lowest BCUT2D eigenvalue weighted by molar-refractivity contribution is -0.137. The molecule has 0 saturated heterocycles. The van der Waals surface area contributed by atoms with Gasteiger partial charge in [-0.05, 0) is 60.0 Å². The Labute approximate surface area is 197 Å². The smallest absolute Gasteiger partial charge is 0.303 e. The van der Waals surface area contributed by atoms with Crippen LogP contribution < -0.4 is 10.6 Å². The topological polar surface area (TPSA) is 90.8 Å². The van der Waals surface area contributed by atoms with E-state index >= 15 is 0 Å². The van der Waals surface area contributed by atoms with Gasteiger partial charge >= 0.3 is 5.97 Å². The molecule has 168 valence electrons. The Morgan fingerprint density at radius 1 is 1.09 bits per heavy atom. The van der Waals surface area contributed by atoms with E-state index in [0.29, 0.717) is 29.4 Å². The molecule has 1 unspecified atom stereocenters. The van der Waals surface area contributed by atoms with E-state index in [1.165, 1.54) is 0 Å². The number of aliphatic carboxylic acids is 1. The van der Waals surface area contributed by atoms with Gasteiger partial charge in [-0.25, -0.2) is 0 Å². The van der Waals surface area contributed by atoms with Crippen LogP contribution in [0.25, 0.3) is 0 Å². The van der Waals surface area contributed by atoms with Crippen molar-refractivity contribution < 1.29 is 14.7 Å². The van der Waals surface area contributed by atoms with E-state index < -0.39 is 11.9 Å². The molecule has 6 nitrogen and oxygen atoms in total. The molecule has 33 heavy (non-hydrogen) atoms. The summed E-state index contributed by atoms with van der Waals surface area (Å²) < 4.78 is 0. The van der Waals surface area contributed by atoms with Crippen LogP contribution in [0.2, 0.25) is 5.02 Å². The van der Waals surface area contributed by atoms with Gasteiger partial charge in [0.1, 0.15) is 5.92 Å². The fourth-order valence-corrected chi connectivity index (χ4v) is 4.15. The van der Waals surface area contributed by atoms with Gasteiger partial charge in [0, 0.05) is 23.7 Å². The van der Waals surface area contributed by atoms with Gasteiger partial charge in [0.25, 0.3) is 0 Å². The quantitative estimate of drug-likeness (QED) is 0.415. The Kier molecular flexibility index (Phi) is 6.87. The number of aryl methyl sites for hydroxylation is 1. The second-order valence-corrected chi connectivity index (χ2v) is 8.38. The molecule has 0 radical (unpaired) electrons. The molecule has 3 N–H and O–H groups in total. The zero-order valence-corrected chi connectivity index (χ0v) is 18.9. The standard InChI is InChI=1S/C26H24ClN3O3/c1-28-15-17-3-2-4-20(13-17)29-25(18-8-5-16(6-9-18)7-12-23(31)32)24-21-11-10-19(27)14-22(21)30-26(24)33/h2-6,8-11,13-14,24,28H,7,12,15H2,1H3,(H,30,33)(H,31,32). The van der Waals surface area contributed by atoms with E-state index in [2.05, 4.69) is 10.6 Å². The molecule has 0 fully saturated rings. The van der Waals surface area contributed by atoms with E-state index in [-0.39, 0.29) is 12.3 Å². The van der Waals surface area contributed by atoms with Crippen LogP contribution >= 0.6 is 11.6 Å². The van der Waals surface area contributed by atoms with Crippen molar-refractivity contribution in [1.82, 2.24) is 5.32 Å². The highest BCUT2D eigenvalue weighted by molar-refractivity contribution is 6.31. The van der Waals surface area contributed by atoms with E-state index in [9.17, 15) is 9.59 Å². The number of carbonyl (C=O) groups excluding carboxylic acids is 1. The maximum absolute atomic E-state index is 13.1. The predicted molar refractivity (Wildman–Crippen MR) is 131 cm³/mol. The number of amides is 1. The molecular formula is C26H24ClN3O3. The monoisotopic (exact) mass is 461 g/mol. The fraction of sp³-hybridized carbons (Fsp3) is 0.192. The minimum absolute atomic E-state index is 0.0672. The summed E-state index contributed by atoms with van der Waals surface area (Å²) in [6.07, 6.45) is 0.511. The van der Waals surface area contributed by atoms with Gasteiger partial charge in [0.15, 0.2) is 0 Å². The number of carbonyl (C=O) groups is 2. The fourth-order valence-electron chi connectivity index (χ4n) is 3.97. The van der Waals surface area contributed by atoms with Crippen molar-refractivity contribution >= 4 is 40.6 Å². The summed E-state index contributed by atoms with van der Waals surface area (Å²) in [4.78, 5) is 28.9. The molecule has 4 rings (SSSR count). The number of carboxylic acids is 1. The summed E-state index contributed by atoms with van der Waals surface area (Å²) in [6, 6.07) is 20.8. The van der Waals surface area contributed by atoms with Crippen LogP contribution in [0.4, 0.5) is 11.4 Å². The van der Waals surface area contributed by atoms with Gasteiger partial charge < -0.3 is 15.7 Å². The highest BCUT2D eigenvalue weighted by Gasteiger charge is 2.35. The van der Waals surface area contributed by atoms with Gasteiger partial charge in [-0.1, -0.05) is 54.1 Å². The minimum atomic E-state index is -0.833. The summed E-state index contributed by atoms with van der Waals surface area (Å²) in [5, 5.41) is 15.6. The van der Waals surface area contributed by atoms with Crippen molar-refractivity contribution in [2.75, 3.05) is 12.4 Å². The lowest BCUT2D eigenvalue weighted by atomic mass is 9.90. The van der Waals surface area contributed by atoms with Crippen molar-refractivity contribution in [3.05, 3.63) is 94.0 Å². The number of benzene rings is 3. The summed E-state index contributed by atoms with van der Waals surface area (Å²) in [7, 11) is 1.89. The first-order chi connectivity index (χ1) is 15.9. The lowest BCUT2D eigenvalue weighted by Gasteiger charge is -2.15. The highest BCUT2D eigenvalue weighted by atomic mass is 35.5. The molecule has 3 aromatic carbocycles. The molecule has 1 aliphatic rings. The SMILES string of the molecule is CNCc1cccc(N=C(c2ccc(CCC(=O)O)cc2)C2C(=O)Nc3cc(Cl)ccc32)c1. The second-order valence-electron chi connectivity index (χ2n) is 7.94. The molecule has 1 amide bonds. The molecule has 0 aliphatic carbocycles. The Balaban J connectivity index is 1.77. The third kappa shape index (κ3) is 5.30. The number of fused-ring (bicyclic) bond motifs is 1. The van der Waals surface area contributed by atoms with Crippen molar-refractivity contribution in [3.63, 3.8) is 0 Å². The summed E-state index contributed by atoms with van der Waals surface area (Å²) in [5.41, 5.74) is 5.69. The van der Waals surface area contributed by atoms with Crippen molar-refractivity contribution in [1.29, 1.82) is 0 Å². The number of nitrogens with zero attached hydrogens (tertiary/aromatic N) is 1. The molecule has 1 aliphatic heterocycles. The van der Waals surface area contributed by atoms with Gasteiger partial charge in [0.2, 0.25) is 5.91 Å². The number of aliphatic imine (C=N–C) groups is 1. The molecule has 1 heterocycles. The Morgan fingerprint density at radius 3 is 2.61 bits per heavy atom. The number of anilines is 1. The maximum Gasteiger partial charge on any atom is 0.303 e. The molecule has 7 heteroatoms. The van der Waals surface area contributed by atoms with E-state index in [0.717, 1.165) is 27.9 Å². The van der Waals surface area contributed by atoms with Crippen molar-refractivity contribution in [2.45, 2.75) is 25.3 Å². The van der Waals surface area contributed by atoms with Crippen LogP contribution in [0.3, 0.4) is 0 Å². The average molecular weight is 462 g/mol. The Bertz CT molecular complexity index is 1220. The third-order valence-electron chi connectivity index (χ3n) is 5.54. The maximum atomic E-state index is 13.1. The average Bonchev–Trinajstić information content (AvgIpc) is 3.11. The van der Waals surface area contributed by atoms with E-state index in [4.69, 9.17) is 21.7 Å². The van der Waals surface area contributed by atoms with Gasteiger partial charge in [-0.2, -0.15) is 0 Å². The number of halogens is 1. The molecule has 0 aromatic heterocycles. The Morgan fingerprint density at radius 2 is 1.88 bits per heavy atom. The number of hydrogen-bond donors (Lipinski definition) is 3. The van der Waals surface area contributed by atoms with Crippen LogP contribution in [0, 0.1) is 0 Å². The number of rotatable bonds is 8. The normalized spacial score (nSPS) is 15.3. The first-order valence-corrected chi connectivity index (χ1v) is 11.1. The van der Waals surface area contributed by atoms with Crippen molar-refractivity contribution in [3.8, 4) is 0 Å². The second kappa shape index (κ2) is 9.98. The zero-order chi connectivity index (χ0) is 23.4. The number of carboxylic acid groups (broad SMARTS) is 1. The molecule has 0 spiro atoms. The van der Waals surface area contributed by atoms with Gasteiger partial charge in [0.05, 0.1) is 11.4 Å². The van der Waals surface area contributed by atoms with Crippen LogP contribution in [-0.4, -0.2) is 29.7 Å². The van der Waals surface area contributed by atoms with Gasteiger partial charge in [-0.3, -0.25) is 14.6 Å². The molecule has 0 bridgehead atoms. The summed E-state index contributed by atoms with van der Waals surface area (Å²) in [6.45, 7) is 0.711. The zero-order valence-electron chi connectivity index (χ0n) is 18.1. The molecular weight excluding hydrogens is 438 g/mol. The number of hydrogen-bond acceptors (Lipinski definition) is 4. The van der Waals surface area contributed by atoms with Crippen LogP contribution in [-0.2, 0) is 22.6 Å².